The highest BCUT2D eigenvalue weighted by molar-refractivity contribution is 5.99. The standard InChI is InChI=1S/C14H20N6O/c1-3-6-16-12-8-15-7-5-11(12)14(21)17-9-13-19-18-10-20(13)4-2/h5,7-8,10,16H,3-4,6,9H2,1-2H3,(H,17,21). The molecule has 0 saturated heterocycles. The Bertz CT molecular complexity index is 595. The Morgan fingerprint density at radius 3 is 3.00 bits per heavy atom. The van der Waals surface area contributed by atoms with E-state index >= 15 is 0 Å². The van der Waals surface area contributed by atoms with Crippen LogP contribution in [0, 0.1) is 0 Å². The SMILES string of the molecule is CCCNc1cnccc1C(=O)NCc1nncn1CC. The van der Waals surface area contributed by atoms with E-state index in [1.165, 1.54) is 0 Å². The number of carbonyl (C=O) groups is 1. The maximum atomic E-state index is 12.3. The van der Waals surface area contributed by atoms with Gasteiger partial charge in [-0.2, -0.15) is 0 Å². The van der Waals surface area contributed by atoms with E-state index < -0.39 is 0 Å². The van der Waals surface area contributed by atoms with Gasteiger partial charge in [-0.1, -0.05) is 6.92 Å². The number of amides is 1. The minimum absolute atomic E-state index is 0.151. The van der Waals surface area contributed by atoms with Crippen LogP contribution >= 0.6 is 0 Å². The molecule has 0 aromatic carbocycles. The minimum Gasteiger partial charge on any atom is -0.383 e. The van der Waals surface area contributed by atoms with Crippen molar-refractivity contribution < 1.29 is 4.79 Å². The van der Waals surface area contributed by atoms with Crippen LogP contribution in [0.1, 0.15) is 36.5 Å². The molecule has 2 aromatic rings. The fourth-order valence-electron chi connectivity index (χ4n) is 1.93. The van der Waals surface area contributed by atoms with Crippen molar-refractivity contribution in [1.29, 1.82) is 0 Å². The van der Waals surface area contributed by atoms with Crippen LogP contribution in [0.4, 0.5) is 5.69 Å². The monoisotopic (exact) mass is 288 g/mol. The average molecular weight is 288 g/mol. The molecule has 112 valence electrons. The number of aryl methyl sites for hydroxylation is 1. The smallest absolute Gasteiger partial charge is 0.253 e. The number of nitrogens with one attached hydrogen (secondary N) is 2. The largest absolute Gasteiger partial charge is 0.383 e. The fourth-order valence-corrected chi connectivity index (χ4v) is 1.93. The first kappa shape index (κ1) is 15.0. The van der Waals surface area contributed by atoms with Crippen LogP contribution in [0.5, 0.6) is 0 Å². The zero-order valence-corrected chi connectivity index (χ0v) is 12.3. The first-order chi connectivity index (χ1) is 10.3. The third kappa shape index (κ3) is 3.77. The van der Waals surface area contributed by atoms with E-state index in [0.717, 1.165) is 31.0 Å². The van der Waals surface area contributed by atoms with Gasteiger partial charge >= 0.3 is 0 Å². The Morgan fingerprint density at radius 1 is 1.38 bits per heavy atom. The number of anilines is 1. The van der Waals surface area contributed by atoms with Crippen LogP contribution in [-0.2, 0) is 13.1 Å². The van der Waals surface area contributed by atoms with Gasteiger partial charge in [0.25, 0.3) is 5.91 Å². The highest BCUT2D eigenvalue weighted by Gasteiger charge is 2.12. The second-order valence-electron chi connectivity index (χ2n) is 4.56. The van der Waals surface area contributed by atoms with Crippen molar-refractivity contribution in [1.82, 2.24) is 25.1 Å². The summed E-state index contributed by atoms with van der Waals surface area (Å²) >= 11 is 0. The zero-order chi connectivity index (χ0) is 15.1. The van der Waals surface area contributed by atoms with Gasteiger partial charge < -0.3 is 15.2 Å². The van der Waals surface area contributed by atoms with Gasteiger partial charge in [-0.25, -0.2) is 0 Å². The maximum Gasteiger partial charge on any atom is 0.253 e. The van der Waals surface area contributed by atoms with E-state index in [0.29, 0.717) is 12.1 Å². The Morgan fingerprint density at radius 2 is 2.24 bits per heavy atom. The third-order valence-electron chi connectivity index (χ3n) is 3.07. The quantitative estimate of drug-likeness (QED) is 0.805. The summed E-state index contributed by atoms with van der Waals surface area (Å²) in [6.45, 7) is 6.00. The Labute approximate surface area is 123 Å². The number of hydrogen-bond donors (Lipinski definition) is 2. The molecule has 0 bridgehead atoms. The summed E-state index contributed by atoms with van der Waals surface area (Å²) in [5, 5.41) is 13.9. The topological polar surface area (TPSA) is 84.7 Å². The number of rotatable bonds is 7. The molecule has 2 rings (SSSR count). The summed E-state index contributed by atoms with van der Waals surface area (Å²) in [7, 11) is 0. The van der Waals surface area contributed by atoms with Gasteiger partial charge in [0, 0.05) is 19.3 Å². The lowest BCUT2D eigenvalue weighted by atomic mass is 10.2. The third-order valence-corrected chi connectivity index (χ3v) is 3.07. The molecule has 0 radical (unpaired) electrons. The second-order valence-corrected chi connectivity index (χ2v) is 4.56. The molecule has 7 nitrogen and oxygen atoms in total. The summed E-state index contributed by atoms with van der Waals surface area (Å²) in [6, 6.07) is 1.71. The second kappa shape index (κ2) is 7.37. The van der Waals surface area contributed by atoms with Gasteiger partial charge in [0.1, 0.15) is 6.33 Å². The van der Waals surface area contributed by atoms with Crippen molar-refractivity contribution >= 4 is 11.6 Å². The van der Waals surface area contributed by atoms with Gasteiger partial charge in [0.05, 0.1) is 24.0 Å². The van der Waals surface area contributed by atoms with Crippen LogP contribution < -0.4 is 10.6 Å². The van der Waals surface area contributed by atoms with Crippen molar-refractivity contribution in [3.8, 4) is 0 Å². The molecule has 21 heavy (non-hydrogen) atoms. The normalized spacial score (nSPS) is 10.4. The van der Waals surface area contributed by atoms with Gasteiger partial charge in [-0.3, -0.25) is 9.78 Å². The number of carbonyl (C=O) groups excluding carboxylic acids is 1. The first-order valence-electron chi connectivity index (χ1n) is 7.09. The average Bonchev–Trinajstić information content (AvgIpc) is 2.98. The molecule has 2 heterocycles. The summed E-state index contributed by atoms with van der Waals surface area (Å²) in [4.78, 5) is 16.3. The summed E-state index contributed by atoms with van der Waals surface area (Å²) in [6.07, 6.45) is 5.91. The van der Waals surface area contributed by atoms with E-state index in [9.17, 15) is 4.79 Å². The number of pyridine rings is 1. The van der Waals surface area contributed by atoms with E-state index in [2.05, 4.69) is 32.7 Å². The molecular weight excluding hydrogens is 268 g/mol. The summed E-state index contributed by atoms with van der Waals surface area (Å²) < 4.78 is 1.89. The number of aromatic nitrogens is 4. The van der Waals surface area contributed by atoms with Gasteiger partial charge in [-0.15, -0.1) is 10.2 Å². The van der Waals surface area contributed by atoms with Gasteiger partial charge in [0.15, 0.2) is 5.82 Å². The molecule has 1 amide bonds. The molecule has 0 unspecified atom stereocenters. The summed E-state index contributed by atoms with van der Waals surface area (Å²) in [5.74, 6) is 0.588. The van der Waals surface area contributed by atoms with E-state index in [4.69, 9.17) is 0 Å². The lowest BCUT2D eigenvalue weighted by molar-refractivity contribution is 0.0950. The Balaban J connectivity index is 2.03. The van der Waals surface area contributed by atoms with E-state index in [1.54, 1.807) is 24.8 Å². The van der Waals surface area contributed by atoms with Gasteiger partial charge in [-0.05, 0) is 19.4 Å². The fraction of sp³-hybridized carbons (Fsp3) is 0.429. The zero-order valence-electron chi connectivity index (χ0n) is 12.3. The molecule has 0 spiro atoms. The predicted molar refractivity (Wildman–Crippen MR) is 79.9 cm³/mol. The molecule has 0 aliphatic rings. The van der Waals surface area contributed by atoms with Crippen LogP contribution in [0.15, 0.2) is 24.8 Å². The van der Waals surface area contributed by atoms with Crippen molar-refractivity contribution in [3.05, 3.63) is 36.2 Å². The highest BCUT2D eigenvalue weighted by Crippen LogP contribution is 2.13. The minimum atomic E-state index is -0.151. The highest BCUT2D eigenvalue weighted by atomic mass is 16.1. The van der Waals surface area contributed by atoms with Crippen LogP contribution in [0.2, 0.25) is 0 Å². The number of nitrogens with zero attached hydrogens (tertiary/aromatic N) is 4. The lowest BCUT2D eigenvalue weighted by Gasteiger charge is -2.11. The number of hydrogen-bond acceptors (Lipinski definition) is 5. The van der Waals surface area contributed by atoms with E-state index in [1.807, 2.05) is 11.5 Å². The van der Waals surface area contributed by atoms with Crippen LogP contribution in [-0.4, -0.2) is 32.2 Å². The molecule has 0 aliphatic heterocycles. The van der Waals surface area contributed by atoms with E-state index in [-0.39, 0.29) is 5.91 Å². The van der Waals surface area contributed by atoms with Gasteiger partial charge in [0.2, 0.25) is 0 Å². The van der Waals surface area contributed by atoms with Crippen molar-refractivity contribution in [2.45, 2.75) is 33.4 Å². The molecule has 0 atom stereocenters. The predicted octanol–water partition coefficient (Wildman–Crippen LogP) is 1.44. The molecule has 0 saturated carbocycles. The van der Waals surface area contributed by atoms with Crippen molar-refractivity contribution in [2.75, 3.05) is 11.9 Å². The molecule has 2 N–H and O–H groups in total. The van der Waals surface area contributed by atoms with Crippen molar-refractivity contribution in [2.24, 2.45) is 0 Å². The molecular formula is C14H20N6O. The first-order valence-corrected chi connectivity index (χ1v) is 7.09. The van der Waals surface area contributed by atoms with Crippen molar-refractivity contribution in [3.63, 3.8) is 0 Å². The van der Waals surface area contributed by atoms with Crippen LogP contribution in [0.3, 0.4) is 0 Å². The molecule has 2 aromatic heterocycles. The Hall–Kier alpha value is -2.44. The summed E-state index contributed by atoms with van der Waals surface area (Å²) in [5.41, 5.74) is 1.33. The molecule has 7 heteroatoms. The van der Waals surface area contributed by atoms with Crippen LogP contribution in [0.25, 0.3) is 0 Å². The Kier molecular flexibility index (Phi) is 5.25. The molecule has 0 aliphatic carbocycles. The lowest BCUT2D eigenvalue weighted by Crippen LogP contribution is -2.25. The maximum absolute atomic E-state index is 12.3. The molecule has 0 fully saturated rings.